The van der Waals surface area contributed by atoms with Crippen molar-refractivity contribution < 1.29 is 9.59 Å². The van der Waals surface area contributed by atoms with Gasteiger partial charge in [0, 0.05) is 31.0 Å². The molecule has 4 nitrogen and oxygen atoms in total. The van der Waals surface area contributed by atoms with Gasteiger partial charge in [0.25, 0.3) is 5.91 Å². The lowest BCUT2D eigenvalue weighted by Crippen LogP contribution is -2.42. The average molecular weight is 315 g/mol. The molecule has 0 aromatic carbocycles. The van der Waals surface area contributed by atoms with Crippen molar-refractivity contribution in [3.63, 3.8) is 0 Å². The summed E-state index contributed by atoms with van der Waals surface area (Å²) in [5, 5.41) is 5.14. The Kier molecular flexibility index (Phi) is 4.39. The van der Waals surface area contributed by atoms with E-state index in [4.69, 9.17) is 11.6 Å². The van der Waals surface area contributed by atoms with Gasteiger partial charge in [-0.05, 0) is 32.2 Å². The number of amides is 2. The van der Waals surface area contributed by atoms with E-state index in [9.17, 15) is 9.59 Å². The van der Waals surface area contributed by atoms with E-state index in [-0.39, 0.29) is 23.3 Å². The molecule has 1 atom stereocenters. The number of thiophene rings is 1. The third-order valence-electron chi connectivity index (χ3n) is 3.39. The van der Waals surface area contributed by atoms with E-state index < -0.39 is 0 Å². The van der Waals surface area contributed by atoms with Gasteiger partial charge in [-0.1, -0.05) is 11.6 Å². The van der Waals surface area contributed by atoms with Crippen molar-refractivity contribution >= 4 is 34.8 Å². The van der Waals surface area contributed by atoms with Crippen LogP contribution in [0.2, 0.25) is 5.02 Å². The fraction of sp³-hybridized carbons (Fsp3) is 0.571. The highest BCUT2D eigenvalue weighted by Crippen LogP contribution is 2.26. The molecule has 1 saturated heterocycles. The Labute approximate surface area is 128 Å². The van der Waals surface area contributed by atoms with E-state index in [1.165, 1.54) is 11.3 Å². The molecule has 2 amide bonds. The molecule has 20 heavy (non-hydrogen) atoms. The van der Waals surface area contributed by atoms with Gasteiger partial charge in [-0.2, -0.15) is 0 Å². The number of hydrogen-bond acceptors (Lipinski definition) is 3. The highest BCUT2D eigenvalue weighted by atomic mass is 35.5. The fourth-order valence-electron chi connectivity index (χ4n) is 2.34. The first kappa shape index (κ1) is 15.3. The third-order valence-corrected chi connectivity index (χ3v) is 4.73. The van der Waals surface area contributed by atoms with Gasteiger partial charge in [-0.3, -0.25) is 9.59 Å². The van der Waals surface area contributed by atoms with Crippen molar-refractivity contribution in [1.82, 2.24) is 10.2 Å². The Bertz CT molecular complexity index is 521. The smallest absolute Gasteiger partial charge is 0.262 e. The molecule has 1 aromatic rings. The highest BCUT2D eigenvalue weighted by Gasteiger charge is 2.36. The van der Waals surface area contributed by atoms with Crippen LogP contribution in [-0.2, 0) is 4.79 Å². The molecule has 110 valence electrons. The van der Waals surface area contributed by atoms with Crippen molar-refractivity contribution in [1.29, 1.82) is 0 Å². The van der Waals surface area contributed by atoms with Crippen molar-refractivity contribution in [2.75, 3.05) is 13.1 Å². The Morgan fingerprint density at radius 3 is 2.75 bits per heavy atom. The average Bonchev–Trinajstić information content (AvgIpc) is 2.91. The number of carbonyl (C=O) groups is 2. The number of rotatable bonds is 3. The molecule has 1 aromatic heterocycles. The van der Waals surface area contributed by atoms with Crippen molar-refractivity contribution in [3.8, 4) is 0 Å². The first-order chi connectivity index (χ1) is 9.29. The van der Waals surface area contributed by atoms with E-state index in [1.54, 1.807) is 11.4 Å². The fourth-order valence-corrected chi connectivity index (χ4v) is 3.40. The molecule has 1 aliphatic heterocycles. The lowest BCUT2D eigenvalue weighted by atomic mass is 10.1. The summed E-state index contributed by atoms with van der Waals surface area (Å²) in [5.74, 6) is 0.168. The molecule has 2 heterocycles. The number of nitrogens with zero attached hydrogens (tertiary/aromatic N) is 1. The Balaban J connectivity index is 1.89. The number of hydrogen-bond donors (Lipinski definition) is 1. The molecule has 6 heteroatoms. The lowest BCUT2D eigenvalue weighted by Gasteiger charge is -2.32. The summed E-state index contributed by atoms with van der Waals surface area (Å²) in [6, 6.07) is 1.71. The number of nitrogens with one attached hydrogen (secondary N) is 1. The molecule has 1 fully saturated rings. The zero-order valence-corrected chi connectivity index (χ0v) is 13.5. The zero-order valence-electron chi connectivity index (χ0n) is 11.9. The summed E-state index contributed by atoms with van der Waals surface area (Å²) in [5.41, 5.74) is -0.160. The van der Waals surface area contributed by atoms with Crippen molar-refractivity contribution in [2.45, 2.75) is 32.7 Å². The molecular formula is C14H19ClN2O2S. The second kappa shape index (κ2) is 5.74. The van der Waals surface area contributed by atoms with Crippen LogP contribution in [0.25, 0.3) is 0 Å². The van der Waals surface area contributed by atoms with Crippen molar-refractivity contribution in [3.05, 3.63) is 21.3 Å². The lowest BCUT2D eigenvalue weighted by molar-refractivity contribution is -0.131. The minimum absolute atomic E-state index is 0.158. The maximum absolute atomic E-state index is 12.0. The van der Waals surface area contributed by atoms with Gasteiger partial charge in [-0.15, -0.1) is 11.3 Å². The molecule has 0 saturated carbocycles. The van der Waals surface area contributed by atoms with Gasteiger partial charge in [0.2, 0.25) is 5.91 Å². The molecule has 0 bridgehead atoms. The SMILES string of the molecule is CC(C)(C)N1C[C@@H](CNC(=O)c2sccc2Cl)CC1=O. The Morgan fingerprint density at radius 1 is 1.55 bits per heavy atom. The summed E-state index contributed by atoms with van der Waals surface area (Å²) in [4.78, 5) is 26.3. The van der Waals surface area contributed by atoms with Crippen LogP contribution in [0.1, 0.15) is 36.9 Å². The largest absolute Gasteiger partial charge is 0.351 e. The molecule has 0 unspecified atom stereocenters. The van der Waals surface area contributed by atoms with Gasteiger partial charge < -0.3 is 10.2 Å². The van der Waals surface area contributed by atoms with Crippen LogP contribution in [-0.4, -0.2) is 35.3 Å². The van der Waals surface area contributed by atoms with E-state index in [1.807, 2.05) is 25.7 Å². The molecule has 2 rings (SSSR count). The molecule has 0 radical (unpaired) electrons. The number of likely N-dealkylation sites (tertiary alicyclic amines) is 1. The maximum atomic E-state index is 12.0. The van der Waals surface area contributed by atoms with Crippen LogP contribution in [0.5, 0.6) is 0 Å². The van der Waals surface area contributed by atoms with Gasteiger partial charge in [-0.25, -0.2) is 0 Å². The summed E-state index contributed by atoms with van der Waals surface area (Å²) >= 11 is 7.25. The van der Waals surface area contributed by atoms with E-state index in [0.29, 0.717) is 29.4 Å². The number of carbonyl (C=O) groups excluding carboxylic acids is 2. The second-order valence-corrected chi connectivity index (χ2v) is 7.38. The van der Waals surface area contributed by atoms with E-state index in [2.05, 4.69) is 5.32 Å². The monoisotopic (exact) mass is 314 g/mol. The maximum Gasteiger partial charge on any atom is 0.262 e. The molecule has 0 spiro atoms. The highest BCUT2D eigenvalue weighted by molar-refractivity contribution is 7.12. The minimum atomic E-state index is -0.161. The van der Waals surface area contributed by atoms with Gasteiger partial charge in [0.15, 0.2) is 0 Å². The normalized spacial score (nSPS) is 19.5. The van der Waals surface area contributed by atoms with Crippen LogP contribution in [0.4, 0.5) is 0 Å². The van der Waals surface area contributed by atoms with Crippen LogP contribution in [0.15, 0.2) is 11.4 Å². The quantitative estimate of drug-likeness (QED) is 0.932. The first-order valence-corrected chi connectivity index (χ1v) is 7.86. The van der Waals surface area contributed by atoms with Gasteiger partial charge in [0.05, 0.1) is 5.02 Å². The van der Waals surface area contributed by atoms with E-state index in [0.717, 1.165) is 0 Å². The Hall–Kier alpha value is -1.07. The minimum Gasteiger partial charge on any atom is -0.351 e. The van der Waals surface area contributed by atoms with Crippen LogP contribution in [0, 0.1) is 5.92 Å². The first-order valence-electron chi connectivity index (χ1n) is 6.60. The van der Waals surface area contributed by atoms with Crippen molar-refractivity contribution in [2.24, 2.45) is 5.92 Å². The summed E-state index contributed by atoms with van der Waals surface area (Å²) < 4.78 is 0. The standard InChI is InChI=1S/C14H19ClN2O2S/c1-14(2,3)17-8-9(6-11(17)18)7-16-13(19)12-10(15)4-5-20-12/h4-5,9H,6-8H2,1-3H3,(H,16,19)/t9-/m1/s1. The Morgan fingerprint density at radius 2 is 2.25 bits per heavy atom. The summed E-state index contributed by atoms with van der Waals surface area (Å²) in [6.07, 6.45) is 0.496. The zero-order chi connectivity index (χ0) is 14.9. The molecular weight excluding hydrogens is 296 g/mol. The summed E-state index contributed by atoms with van der Waals surface area (Å²) in [6.45, 7) is 7.28. The predicted molar refractivity (Wildman–Crippen MR) is 81.2 cm³/mol. The van der Waals surface area contributed by atoms with Crippen LogP contribution in [0.3, 0.4) is 0 Å². The molecule has 1 aliphatic rings. The third kappa shape index (κ3) is 3.33. The van der Waals surface area contributed by atoms with Gasteiger partial charge >= 0.3 is 0 Å². The number of halogens is 1. The summed E-state index contributed by atoms with van der Waals surface area (Å²) in [7, 11) is 0. The predicted octanol–water partition coefficient (Wildman–Crippen LogP) is 2.78. The van der Waals surface area contributed by atoms with Crippen LogP contribution >= 0.6 is 22.9 Å². The molecule has 0 aliphatic carbocycles. The molecule has 1 N–H and O–H groups in total. The van der Waals surface area contributed by atoms with E-state index >= 15 is 0 Å². The topological polar surface area (TPSA) is 49.4 Å². The second-order valence-electron chi connectivity index (χ2n) is 6.05. The van der Waals surface area contributed by atoms with Crippen LogP contribution < -0.4 is 5.32 Å². The van der Waals surface area contributed by atoms with Gasteiger partial charge in [0.1, 0.15) is 4.88 Å².